The van der Waals surface area contributed by atoms with Crippen LogP contribution in [0.4, 0.5) is 15.8 Å². The molecule has 0 amide bonds. The van der Waals surface area contributed by atoms with E-state index in [4.69, 9.17) is 10.8 Å². The molecular weight excluding hydrogens is 231 g/mol. The standard InChI is InChI=1S/C14H15FN2O/c15-13-4-2-1-3-11(13)12-9-10(16)5-6-14(12)17-7-8-18/h1-6,9,17-18H,7-8,16H2. The zero-order valence-corrected chi connectivity index (χ0v) is 9.86. The van der Waals surface area contributed by atoms with Crippen LogP contribution in [0.5, 0.6) is 0 Å². The summed E-state index contributed by atoms with van der Waals surface area (Å²) in [6.45, 7) is 0.423. The molecule has 0 spiro atoms. The third kappa shape index (κ3) is 2.60. The van der Waals surface area contributed by atoms with E-state index in [1.165, 1.54) is 6.07 Å². The van der Waals surface area contributed by atoms with Crippen molar-refractivity contribution in [1.29, 1.82) is 0 Å². The molecule has 0 bridgehead atoms. The van der Waals surface area contributed by atoms with Crippen LogP contribution in [-0.4, -0.2) is 18.3 Å². The molecule has 3 nitrogen and oxygen atoms in total. The Kier molecular flexibility index (Phi) is 3.79. The summed E-state index contributed by atoms with van der Waals surface area (Å²) in [5.74, 6) is -0.296. The number of nitrogens with two attached hydrogens (primary N) is 1. The summed E-state index contributed by atoms with van der Waals surface area (Å²) >= 11 is 0. The molecule has 0 saturated carbocycles. The third-order valence-electron chi connectivity index (χ3n) is 2.63. The first-order chi connectivity index (χ1) is 8.72. The Morgan fingerprint density at radius 1 is 1.11 bits per heavy atom. The van der Waals surface area contributed by atoms with E-state index in [2.05, 4.69) is 5.32 Å². The van der Waals surface area contributed by atoms with Gasteiger partial charge in [-0.05, 0) is 24.3 Å². The van der Waals surface area contributed by atoms with Crippen LogP contribution >= 0.6 is 0 Å². The fourth-order valence-corrected chi connectivity index (χ4v) is 1.81. The van der Waals surface area contributed by atoms with E-state index < -0.39 is 0 Å². The molecule has 4 heteroatoms. The second-order valence-electron chi connectivity index (χ2n) is 3.94. The Hall–Kier alpha value is -2.07. The van der Waals surface area contributed by atoms with Gasteiger partial charge < -0.3 is 16.2 Å². The van der Waals surface area contributed by atoms with Crippen LogP contribution in [0, 0.1) is 5.82 Å². The lowest BCUT2D eigenvalue weighted by Gasteiger charge is -2.13. The van der Waals surface area contributed by atoms with Gasteiger partial charge in [-0.3, -0.25) is 0 Å². The summed E-state index contributed by atoms with van der Waals surface area (Å²) < 4.78 is 13.8. The van der Waals surface area contributed by atoms with Gasteiger partial charge in [-0.1, -0.05) is 18.2 Å². The fraction of sp³-hybridized carbons (Fsp3) is 0.143. The van der Waals surface area contributed by atoms with Crippen LogP contribution in [-0.2, 0) is 0 Å². The van der Waals surface area contributed by atoms with E-state index in [9.17, 15) is 4.39 Å². The molecule has 94 valence electrons. The summed E-state index contributed by atoms with van der Waals surface area (Å²) in [6.07, 6.45) is 0. The van der Waals surface area contributed by atoms with Gasteiger partial charge in [-0.2, -0.15) is 0 Å². The third-order valence-corrected chi connectivity index (χ3v) is 2.63. The van der Waals surface area contributed by atoms with E-state index in [1.54, 1.807) is 36.4 Å². The number of hydrogen-bond acceptors (Lipinski definition) is 3. The molecule has 0 aliphatic rings. The molecule has 0 aliphatic heterocycles. The van der Waals surface area contributed by atoms with Crippen molar-refractivity contribution in [2.75, 3.05) is 24.2 Å². The van der Waals surface area contributed by atoms with E-state index in [1.807, 2.05) is 0 Å². The Morgan fingerprint density at radius 2 is 1.89 bits per heavy atom. The lowest BCUT2D eigenvalue weighted by Crippen LogP contribution is -2.07. The van der Waals surface area contributed by atoms with Crippen LogP contribution in [0.1, 0.15) is 0 Å². The Balaban J connectivity index is 2.48. The SMILES string of the molecule is Nc1ccc(NCCO)c(-c2ccccc2F)c1. The molecule has 2 aromatic rings. The minimum Gasteiger partial charge on any atom is -0.399 e. The number of aliphatic hydroxyl groups is 1. The minimum atomic E-state index is -0.296. The predicted octanol–water partition coefficient (Wildman–Crippen LogP) is 2.48. The largest absolute Gasteiger partial charge is 0.399 e. The Labute approximate surface area is 105 Å². The molecule has 18 heavy (non-hydrogen) atoms. The Bertz CT molecular complexity index is 543. The first-order valence-electron chi connectivity index (χ1n) is 5.71. The smallest absolute Gasteiger partial charge is 0.131 e. The number of nitrogens with one attached hydrogen (secondary N) is 1. The molecule has 0 heterocycles. The normalized spacial score (nSPS) is 10.3. The predicted molar refractivity (Wildman–Crippen MR) is 71.8 cm³/mol. The number of benzene rings is 2. The van der Waals surface area contributed by atoms with Crippen molar-refractivity contribution in [2.24, 2.45) is 0 Å². The average molecular weight is 246 g/mol. The van der Waals surface area contributed by atoms with Crippen LogP contribution < -0.4 is 11.1 Å². The summed E-state index contributed by atoms with van der Waals surface area (Å²) in [5, 5.41) is 11.9. The maximum absolute atomic E-state index is 13.8. The minimum absolute atomic E-state index is 0.0150. The molecule has 2 aromatic carbocycles. The lowest BCUT2D eigenvalue weighted by molar-refractivity contribution is 0.311. The molecule has 0 aromatic heterocycles. The molecule has 0 aliphatic carbocycles. The molecule has 0 saturated heterocycles. The highest BCUT2D eigenvalue weighted by molar-refractivity contribution is 5.81. The molecule has 0 fully saturated rings. The number of halogens is 1. The van der Waals surface area contributed by atoms with Gasteiger partial charge in [0, 0.05) is 29.0 Å². The van der Waals surface area contributed by atoms with E-state index in [0.29, 0.717) is 23.4 Å². The number of anilines is 2. The van der Waals surface area contributed by atoms with Gasteiger partial charge in [-0.25, -0.2) is 4.39 Å². The van der Waals surface area contributed by atoms with Crippen molar-refractivity contribution < 1.29 is 9.50 Å². The van der Waals surface area contributed by atoms with Crippen LogP contribution in [0.2, 0.25) is 0 Å². The molecule has 0 radical (unpaired) electrons. The van der Waals surface area contributed by atoms with Gasteiger partial charge in [-0.15, -0.1) is 0 Å². The van der Waals surface area contributed by atoms with Gasteiger partial charge in [0.05, 0.1) is 6.61 Å². The van der Waals surface area contributed by atoms with Gasteiger partial charge in [0.1, 0.15) is 5.82 Å². The maximum atomic E-state index is 13.8. The van der Waals surface area contributed by atoms with Crippen molar-refractivity contribution in [3.8, 4) is 11.1 Å². The molecule has 0 unspecified atom stereocenters. The quantitative estimate of drug-likeness (QED) is 0.726. The van der Waals surface area contributed by atoms with Crippen molar-refractivity contribution in [3.63, 3.8) is 0 Å². The molecule has 4 N–H and O–H groups in total. The Morgan fingerprint density at radius 3 is 2.61 bits per heavy atom. The topological polar surface area (TPSA) is 58.3 Å². The highest BCUT2D eigenvalue weighted by atomic mass is 19.1. The van der Waals surface area contributed by atoms with Gasteiger partial charge in [0.25, 0.3) is 0 Å². The van der Waals surface area contributed by atoms with Gasteiger partial charge in [0.2, 0.25) is 0 Å². The first-order valence-corrected chi connectivity index (χ1v) is 5.71. The maximum Gasteiger partial charge on any atom is 0.131 e. The second-order valence-corrected chi connectivity index (χ2v) is 3.94. The summed E-state index contributed by atoms with van der Waals surface area (Å²) in [6, 6.07) is 11.8. The van der Waals surface area contributed by atoms with Gasteiger partial charge in [0.15, 0.2) is 0 Å². The monoisotopic (exact) mass is 246 g/mol. The summed E-state index contributed by atoms with van der Waals surface area (Å²) in [4.78, 5) is 0. The van der Waals surface area contributed by atoms with E-state index >= 15 is 0 Å². The molecular formula is C14H15FN2O. The van der Waals surface area contributed by atoms with E-state index in [0.717, 1.165) is 5.69 Å². The van der Waals surface area contributed by atoms with Crippen molar-refractivity contribution in [2.45, 2.75) is 0 Å². The lowest BCUT2D eigenvalue weighted by atomic mass is 10.0. The highest BCUT2D eigenvalue weighted by Crippen LogP contribution is 2.31. The van der Waals surface area contributed by atoms with Gasteiger partial charge >= 0.3 is 0 Å². The number of nitrogen functional groups attached to an aromatic ring is 1. The van der Waals surface area contributed by atoms with Crippen LogP contribution in [0.15, 0.2) is 42.5 Å². The number of rotatable bonds is 4. The summed E-state index contributed by atoms with van der Waals surface area (Å²) in [5.41, 5.74) is 8.26. The van der Waals surface area contributed by atoms with Crippen molar-refractivity contribution in [1.82, 2.24) is 0 Å². The van der Waals surface area contributed by atoms with Crippen molar-refractivity contribution in [3.05, 3.63) is 48.3 Å². The first kappa shape index (κ1) is 12.4. The zero-order chi connectivity index (χ0) is 13.0. The second kappa shape index (κ2) is 5.51. The zero-order valence-electron chi connectivity index (χ0n) is 9.86. The van der Waals surface area contributed by atoms with Crippen molar-refractivity contribution >= 4 is 11.4 Å². The average Bonchev–Trinajstić information content (AvgIpc) is 2.38. The van der Waals surface area contributed by atoms with Crippen LogP contribution in [0.3, 0.4) is 0 Å². The summed E-state index contributed by atoms with van der Waals surface area (Å²) in [7, 11) is 0. The number of aliphatic hydroxyl groups excluding tert-OH is 1. The molecule has 0 atom stereocenters. The van der Waals surface area contributed by atoms with Crippen LogP contribution in [0.25, 0.3) is 11.1 Å². The fourth-order valence-electron chi connectivity index (χ4n) is 1.81. The highest BCUT2D eigenvalue weighted by Gasteiger charge is 2.09. The molecule has 2 rings (SSSR count). The van der Waals surface area contributed by atoms with E-state index in [-0.39, 0.29) is 12.4 Å². The number of hydrogen-bond donors (Lipinski definition) is 3.